The molecular formula is C8H17N3O2. The molecule has 0 aliphatic heterocycles. The number of hydrogen-bond donors (Lipinski definition) is 2. The number of rotatable bonds is 2. The summed E-state index contributed by atoms with van der Waals surface area (Å²) < 4.78 is 0. The number of carbonyl (C=O) groups excluding carboxylic acids is 2. The fourth-order valence-corrected chi connectivity index (χ4v) is 0.959. The molecule has 0 heterocycles. The molecule has 13 heavy (non-hydrogen) atoms. The van der Waals surface area contributed by atoms with Crippen LogP contribution in [0.15, 0.2) is 0 Å². The molecule has 0 unspecified atom stereocenters. The maximum Gasteiger partial charge on any atom is 0.315 e. The summed E-state index contributed by atoms with van der Waals surface area (Å²) in [6.07, 6.45) is 0. The number of urea groups is 1. The second kappa shape index (κ2) is 4.11. The molecule has 0 aromatic heterocycles. The fourth-order valence-electron chi connectivity index (χ4n) is 0.959. The Morgan fingerprint density at radius 3 is 2.00 bits per heavy atom. The van der Waals surface area contributed by atoms with E-state index >= 15 is 0 Å². The number of nitrogens with one attached hydrogen (secondary N) is 2. The quantitative estimate of drug-likeness (QED) is 0.628. The van der Waals surface area contributed by atoms with Crippen molar-refractivity contribution in [3.8, 4) is 0 Å². The van der Waals surface area contributed by atoms with Crippen molar-refractivity contribution in [2.75, 3.05) is 21.1 Å². The molecule has 0 aromatic carbocycles. The molecule has 0 radical (unpaired) electrons. The molecule has 0 saturated carbocycles. The third-order valence-corrected chi connectivity index (χ3v) is 1.59. The lowest BCUT2D eigenvalue weighted by Gasteiger charge is -2.27. The molecule has 0 fully saturated rings. The van der Waals surface area contributed by atoms with Crippen molar-refractivity contribution in [3.05, 3.63) is 0 Å². The maximum absolute atomic E-state index is 11.5. The first-order chi connectivity index (χ1) is 5.81. The van der Waals surface area contributed by atoms with Gasteiger partial charge < -0.3 is 15.5 Å². The van der Waals surface area contributed by atoms with Crippen molar-refractivity contribution in [2.24, 2.45) is 0 Å². The predicted molar refractivity (Wildman–Crippen MR) is 50.4 cm³/mol. The van der Waals surface area contributed by atoms with Crippen LogP contribution in [0, 0.1) is 0 Å². The normalized spacial score (nSPS) is 10.5. The minimum Gasteiger partial charge on any atom is -0.347 e. The van der Waals surface area contributed by atoms with Crippen LogP contribution in [0.5, 0.6) is 0 Å². The Hall–Kier alpha value is -1.26. The summed E-state index contributed by atoms with van der Waals surface area (Å²) in [4.78, 5) is 23.9. The lowest BCUT2D eigenvalue weighted by atomic mass is 10.0. The van der Waals surface area contributed by atoms with Crippen LogP contribution in [0.25, 0.3) is 0 Å². The van der Waals surface area contributed by atoms with Gasteiger partial charge in [0.2, 0.25) is 5.91 Å². The van der Waals surface area contributed by atoms with E-state index in [-0.39, 0.29) is 11.9 Å². The number of amides is 3. The van der Waals surface area contributed by atoms with E-state index in [1.807, 2.05) is 0 Å². The molecule has 0 aromatic rings. The Bertz CT molecular complexity index is 211. The van der Waals surface area contributed by atoms with Gasteiger partial charge in [0, 0.05) is 21.1 Å². The Balaban J connectivity index is 4.39. The van der Waals surface area contributed by atoms with E-state index in [4.69, 9.17) is 0 Å². The summed E-state index contributed by atoms with van der Waals surface area (Å²) in [5.41, 5.74) is -0.871. The standard InChI is InChI=1S/C8H17N3O2/c1-8(2,6(12)11(4)5)10-7(13)9-3/h1-5H3,(H2,9,10,13). The number of hydrogen-bond acceptors (Lipinski definition) is 2. The van der Waals surface area contributed by atoms with Gasteiger partial charge in [-0.25, -0.2) is 4.79 Å². The maximum atomic E-state index is 11.5. The highest BCUT2D eigenvalue weighted by molar-refractivity contribution is 5.89. The molecular weight excluding hydrogens is 170 g/mol. The van der Waals surface area contributed by atoms with Gasteiger partial charge in [-0.05, 0) is 13.8 Å². The third kappa shape index (κ3) is 3.31. The minimum absolute atomic E-state index is 0.142. The molecule has 0 aliphatic carbocycles. The van der Waals surface area contributed by atoms with E-state index in [0.29, 0.717) is 0 Å². The molecule has 0 bridgehead atoms. The third-order valence-electron chi connectivity index (χ3n) is 1.59. The smallest absolute Gasteiger partial charge is 0.315 e. The molecule has 2 N–H and O–H groups in total. The van der Waals surface area contributed by atoms with Gasteiger partial charge >= 0.3 is 6.03 Å². The van der Waals surface area contributed by atoms with E-state index in [1.54, 1.807) is 27.9 Å². The molecule has 0 spiro atoms. The number of carbonyl (C=O) groups is 2. The van der Waals surface area contributed by atoms with Crippen LogP contribution < -0.4 is 10.6 Å². The van der Waals surface area contributed by atoms with Gasteiger partial charge in [-0.3, -0.25) is 4.79 Å². The molecule has 76 valence electrons. The van der Waals surface area contributed by atoms with Crippen molar-refractivity contribution in [1.82, 2.24) is 15.5 Å². The first-order valence-electron chi connectivity index (χ1n) is 4.03. The Morgan fingerprint density at radius 1 is 1.23 bits per heavy atom. The van der Waals surface area contributed by atoms with Crippen LogP contribution >= 0.6 is 0 Å². The topological polar surface area (TPSA) is 61.4 Å². The monoisotopic (exact) mass is 187 g/mol. The molecule has 5 nitrogen and oxygen atoms in total. The first-order valence-corrected chi connectivity index (χ1v) is 4.03. The van der Waals surface area contributed by atoms with Crippen LogP contribution in [-0.2, 0) is 4.79 Å². The minimum atomic E-state index is -0.871. The van der Waals surface area contributed by atoms with Gasteiger partial charge in [-0.1, -0.05) is 0 Å². The Labute approximate surface area is 78.5 Å². The number of nitrogens with zero attached hydrogens (tertiary/aromatic N) is 1. The van der Waals surface area contributed by atoms with Crippen molar-refractivity contribution in [1.29, 1.82) is 0 Å². The predicted octanol–water partition coefficient (Wildman–Crippen LogP) is -0.218. The summed E-state index contributed by atoms with van der Waals surface area (Å²) >= 11 is 0. The summed E-state index contributed by atoms with van der Waals surface area (Å²) in [6, 6.07) is -0.361. The Morgan fingerprint density at radius 2 is 1.69 bits per heavy atom. The zero-order chi connectivity index (χ0) is 10.6. The van der Waals surface area contributed by atoms with E-state index in [2.05, 4.69) is 10.6 Å². The highest BCUT2D eigenvalue weighted by Crippen LogP contribution is 2.04. The van der Waals surface area contributed by atoms with E-state index in [0.717, 1.165) is 0 Å². The van der Waals surface area contributed by atoms with Crippen LogP contribution in [-0.4, -0.2) is 43.5 Å². The number of likely N-dealkylation sites (N-methyl/N-ethyl adjacent to an activating group) is 1. The molecule has 0 rings (SSSR count). The highest BCUT2D eigenvalue weighted by Gasteiger charge is 2.30. The molecule has 5 heteroatoms. The van der Waals surface area contributed by atoms with Gasteiger partial charge in [0.25, 0.3) is 0 Å². The van der Waals surface area contributed by atoms with Crippen LogP contribution in [0.3, 0.4) is 0 Å². The summed E-state index contributed by atoms with van der Waals surface area (Å²) in [6.45, 7) is 3.31. The van der Waals surface area contributed by atoms with Crippen molar-refractivity contribution in [3.63, 3.8) is 0 Å². The Kier molecular flexibility index (Phi) is 3.71. The zero-order valence-electron chi connectivity index (χ0n) is 8.76. The van der Waals surface area contributed by atoms with Gasteiger partial charge in [0.15, 0.2) is 0 Å². The second-order valence-electron chi connectivity index (χ2n) is 3.53. The van der Waals surface area contributed by atoms with Crippen LogP contribution in [0.2, 0.25) is 0 Å². The molecule has 3 amide bonds. The SMILES string of the molecule is CNC(=O)NC(C)(C)C(=O)N(C)C. The van der Waals surface area contributed by atoms with Gasteiger partial charge in [-0.15, -0.1) is 0 Å². The molecule has 0 atom stereocenters. The molecule has 0 saturated heterocycles. The van der Waals surface area contributed by atoms with Crippen molar-refractivity contribution in [2.45, 2.75) is 19.4 Å². The largest absolute Gasteiger partial charge is 0.347 e. The van der Waals surface area contributed by atoms with Crippen LogP contribution in [0.1, 0.15) is 13.8 Å². The first kappa shape index (κ1) is 11.7. The van der Waals surface area contributed by atoms with Crippen molar-refractivity contribution >= 4 is 11.9 Å². The van der Waals surface area contributed by atoms with Gasteiger partial charge in [0.05, 0.1) is 0 Å². The van der Waals surface area contributed by atoms with Crippen molar-refractivity contribution < 1.29 is 9.59 Å². The fraction of sp³-hybridized carbons (Fsp3) is 0.750. The summed E-state index contributed by atoms with van der Waals surface area (Å²) in [5.74, 6) is -0.142. The lowest BCUT2D eigenvalue weighted by Crippen LogP contribution is -2.56. The van der Waals surface area contributed by atoms with E-state index < -0.39 is 5.54 Å². The van der Waals surface area contributed by atoms with Crippen LogP contribution in [0.4, 0.5) is 4.79 Å². The summed E-state index contributed by atoms with van der Waals surface area (Å²) in [7, 11) is 4.80. The lowest BCUT2D eigenvalue weighted by molar-refractivity contribution is -0.134. The summed E-state index contributed by atoms with van der Waals surface area (Å²) in [5, 5.41) is 4.94. The van der Waals surface area contributed by atoms with E-state index in [1.165, 1.54) is 11.9 Å². The highest BCUT2D eigenvalue weighted by atomic mass is 16.2. The molecule has 0 aliphatic rings. The second-order valence-corrected chi connectivity index (χ2v) is 3.53. The van der Waals surface area contributed by atoms with Gasteiger partial charge in [0.1, 0.15) is 5.54 Å². The van der Waals surface area contributed by atoms with Gasteiger partial charge in [-0.2, -0.15) is 0 Å². The average Bonchev–Trinajstić information content (AvgIpc) is 2.01. The van der Waals surface area contributed by atoms with E-state index in [9.17, 15) is 9.59 Å². The average molecular weight is 187 g/mol. The zero-order valence-corrected chi connectivity index (χ0v) is 8.76.